The first-order chi connectivity index (χ1) is 18.2. The van der Waals surface area contributed by atoms with Gasteiger partial charge in [-0.25, -0.2) is 0 Å². The van der Waals surface area contributed by atoms with Crippen LogP contribution in [0, 0.1) is 11.8 Å². The van der Waals surface area contributed by atoms with Gasteiger partial charge in [0.05, 0.1) is 28.0 Å². The first-order valence-electron chi connectivity index (χ1n) is 11.6. The third-order valence-electron chi connectivity index (χ3n) is 7.20. The Hall–Kier alpha value is -2.63. The number of ether oxygens (including phenoxy) is 3. The number of ketones is 1. The number of nitrogens with one attached hydrogen (secondary N) is 1. The summed E-state index contributed by atoms with van der Waals surface area (Å²) in [5, 5.41) is 27.1. The molecule has 2 unspecified atom stereocenters. The molecule has 194 valence electrons. The zero-order valence-electron chi connectivity index (χ0n) is 20.4. The molecular formula is C27H18Cl2NNaO8. The van der Waals surface area contributed by atoms with Crippen molar-refractivity contribution in [3.63, 3.8) is 0 Å². The van der Waals surface area contributed by atoms with E-state index in [-0.39, 0.29) is 57.5 Å². The Bertz CT molecular complexity index is 1520. The molecule has 2 heterocycles. The maximum atomic E-state index is 13.8. The van der Waals surface area contributed by atoms with Gasteiger partial charge in [-0.2, -0.15) is 0 Å². The van der Waals surface area contributed by atoms with Crippen molar-refractivity contribution in [2.24, 2.45) is 11.8 Å². The Balaban J connectivity index is 0.00000308. The van der Waals surface area contributed by atoms with Crippen LogP contribution < -0.4 is 49.5 Å². The zero-order chi connectivity index (χ0) is 26.8. The Morgan fingerprint density at radius 2 is 1.74 bits per heavy atom. The van der Waals surface area contributed by atoms with Crippen molar-refractivity contribution in [3.05, 3.63) is 87.4 Å². The Labute approximate surface area is 254 Å². The molecule has 0 radical (unpaired) electrons. The van der Waals surface area contributed by atoms with Gasteiger partial charge in [0.15, 0.2) is 22.9 Å². The molecule has 6 rings (SSSR count). The minimum Gasteiger partial charge on any atom is -0.550 e. The predicted molar refractivity (Wildman–Crippen MR) is 132 cm³/mol. The molecule has 3 aliphatic rings. The van der Waals surface area contributed by atoms with Gasteiger partial charge in [-0.3, -0.25) is 9.59 Å². The summed E-state index contributed by atoms with van der Waals surface area (Å²) >= 11 is 12.3. The number of anilines is 1. The standard InChI is InChI=1S/C27H19Cl2NO8.Na/c28-16-7-5-12(9-17(16)29)22-20(25(33)30-13-6-8-18-19(10-13)37-11-36-18)21(26(34)35)27(38-22)23(31)14-3-1-2-4-15(14)24(27)32;/h1-10,20-23,31H,11H2,(H,30,33)(H,34,35);/q;+1/p-1/t20-,21-,22?,23-,27?;/m1./s1. The number of rotatable bonds is 4. The number of carbonyl (C=O) groups is 3. The molecule has 2 N–H and O–H groups in total. The summed E-state index contributed by atoms with van der Waals surface area (Å²) in [4.78, 5) is 40.2. The van der Waals surface area contributed by atoms with Gasteiger partial charge in [0.25, 0.3) is 0 Å². The molecule has 2 aliphatic heterocycles. The van der Waals surface area contributed by atoms with Gasteiger partial charge in [0.1, 0.15) is 6.10 Å². The fourth-order valence-corrected chi connectivity index (χ4v) is 5.82. The van der Waals surface area contributed by atoms with E-state index in [2.05, 4.69) is 5.32 Å². The summed E-state index contributed by atoms with van der Waals surface area (Å²) in [6.07, 6.45) is -2.96. The molecule has 1 fully saturated rings. The number of carbonyl (C=O) groups excluding carboxylic acids is 3. The maximum absolute atomic E-state index is 13.8. The van der Waals surface area contributed by atoms with Crippen molar-refractivity contribution >= 4 is 46.5 Å². The number of aliphatic hydroxyl groups is 1. The molecule has 0 saturated carbocycles. The van der Waals surface area contributed by atoms with E-state index in [1.54, 1.807) is 24.3 Å². The molecule has 1 spiro atoms. The van der Waals surface area contributed by atoms with Crippen LogP contribution in [-0.4, -0.2) is 35.2 Å². The number of hydrogen-bond donors (Lipinski definition) is 2. The molecule has 1 aliphatic carbocycles. The van der Waals surface area contributed by atoms with Crippen LogP contribution in [0.3, 0.4) is 0 Å². The molecule has 0 aromatic heterocycles. The molecule has 12 heteroatoms. The molecule has 9 nitrogen and oxygen atoms in total. The molecule has 3 aromatic rings. The van der Waals surface area contributed by atoms with Crippen LogP contribution in [0.4, 0.5) is 5.69 Å². The zero-order valence-corrected chi connectivity index (χ0v) is 23.9. The number of fused-ring (bicyclic) bond motifs is 2. The van der Waals surface area contributed by atoms with Crippen LogP contribution in [0.25, 0.3) is 0 Å². The van der Waals surface area contributed by atoms with Crippen LogP contribution in [0.2, 0.25) is 10.0 Å². The number of carboxylic acid groups (broad SMARTS) is 1. The van der Waals surface area contributed by atoms with Gasteiger partial charge >= 0.3 is 29.6 Å². The first kappa shape index (κ1) is 27.9. The summed E-state index contributed by atoms with van der Waals surface area (Å²) < 4.78 is 16.8. The van der Waals surface area contributed by atoms with Crippen LogP contribution in [0.15, 0.2) is 60.7 Å². The Morgan fingerprint density at radius 1 is 1.00 bits per heavy atom. The second-order valence-electron chi connectivity index (χ2n) is 9.20. The summed E-state index contributed by atoms with van der Waals surface area (Å²) in [5.74, 6) is -5.72. The van der Waals surface area contributed by atoms with Gasteiger partial charge < -0.3 is 34.5 Å². The number of aliphatic hydroxyl groups excluding tert-OH is 1. The smallest absolute Gasteiger partial charge is 0.550 e. The average Bonchev–Trinajstić information content (AvgIpc) is 3.57. The number of benzene rings is 3. The Kier molecular flexibility index (Phi) is 7.45. The monoisotopic (exact) mass is 577 g/mol. The van der Waals surface area contributed by atoms with Gasteiger partial charge in [-0.05, 0) is 35.4 Å². The molecule has 1 amide bonds. The van der Waals surface area contributed by atoms with Crippen molar-refractivity contribution in [3.8, 4) is 11.5 Å². The van der Waals surface area contributed by atoms with E-state index >= 15 is 0 Å². The van der Waals surface area contributed by atoms with Gasteiger partial charge in [-0.1, -0.05) is 53.5 Å². The third kappa shape index (κ3) is 4.33. The van der Waals surface area contributed by atoms with Gasteiger partial charge in [0.2, 0.25) is 12.7 Å². The molecule has 3 aromatic carbocycles. The largest absolute Gasteiger partial charge is 1.00 e. The number of Topliss-reactive ketones (excluding diaryl/α,β-unsaturated/α-hetero) is 1. The van der Waals surface area contributed by atoms with Gasteiger partial charge in [-0.15, -0.1) is 0 Å². The maximum Gasteiger partial charge on any atom is 1.00 e. The topological polar surface area (TPSA) is 134 Å². The molecule has 39 heavy (non-hydrogen) atoms. The van der Waals surface area contributed by atoms with E-state index in [0.717, 1.165) is 0 Å². The van der Waals surface area contributed by atoms with Gasteiger partial charge in [0, 0.05) is 23.3 Å². The van der Waals surface area contributed by atoms with Crippen molar-refractivity contribution in [2.45, 2.75) is 17.8 Å². The fraction of sp³-hybridized carbons (Fsp3) is 0.222. The number of hydrogen-bond acceptors (Lipinski definition) is 8. The van der Waals surface area contributed by atoms with Crippen LogP contribution >= 0.6 is 23.2 Å². The van der Waals surface area contributed by atoms with Crippen molar-refractivity contribution < 1.29 is 68.4 Å². The molecule has 0 bridgehead atoms. The SMILES string of the molecule is O=C(Nc1ccc2c(c1)OCO2)[C@H]1C(c2ccc(Cl)c(Cl)c2)OC2(C(=O)c3ccccc3[C@H]2O)[C@H]1C(=O)[O-].[Na+]. The minimum absolute atomic E-state index is 0. The minimum atomic E-state index is -2.31. The van der Waals surface area contributed by atoms with Crippen molar-refractivity contribution in [1.29, 1.82) is 0 Å². The average molecular weight is 578 g/mol. The van der Waals surface area contributed by atoms with E-state index in [9.17, 15) is 24.6 Å². The Morgan fingerprint density at radius 3 is 2.46 bits per heavy atom. The summed E-state index contributed by atoms with van der Waals surface area (Å²) in [6, 6.07) is 15.3. The second kappa shape index (κ2) is 10.4. The van der Waals surface area contributed by atoms with E-state index in [0.29, 0.717) is 22.7 Å². The summed E-state index contributed by atoms with van der Waals surface area (Å²) in [7, 11) is 0. The first-order valence-corrected chi connectivity index (χ1v) is 12.3. The fourth-order valence-electron chi connectivity index (χ4n) is 5.51. The molecule has 1 saturated heterocycles. The van der Waals surface area contributed by atoms with E-state index in [1.165, 1.54) is 36.4 Å². The van der Waals surface area contributed by atoms with Crippen LogP contribution in [-0.2, 0) is 14.3 Å². The molecular weight excluding hydrogens is 560 g/mol. The third-order valence-corrected chi connectivity index (χ3v) is 7.94. The van der Waals surface area contributed by atoms with Crippen molar-refractivity contribution in [2.75, 3.05) is 12.1 Å². The number of aliphatic carboxylic acids is 1. The summed E-state index contributed by atoms with van der Waals surface area (Å²) in [6.45, 7) is 0.0262. The summed E-state index contributed by atoms with van der Waals surface area (Å²) in [5.41, 5.74) is -1.41. The van der Waals surface area contributed by atoms with Crippen molar-refractivity contribution in [1.82, 2.24) is 0 Å². The van der Waals surface area contributed by atoms with Crippen LogP contribution in [0.5, 0.6) is 11.5 Å². The predicted octanol–water partition coefficient (Wildman–Crippen LogP) is 0.0871. The molecule has 5 atom stereocenters. The second-order valence-corrected chi connectivity index (χ2v) is 10.0. The van der Waals surface area contributed by atoms with E-state index in [4.69, 9.17) is 37.4 Å². The normalized spacial score (nSPS) is 26.3. The number of halogens is 2. The number of amides is 1. The van der Waals surface area contributed by atoms with Crippen LogP contribution in [0.1, 0.15) is 33.7 Å². The van der Waals surface area contributed by atoms with E-state index in [1.807, 2.05) is 0 Å². The number of carboxylic acids is 1. The quantitative estimate of drug-likeness (QED) is 0.417. The van der Waals surface area contributed by atoms with E-state index < -0.39 is 47.3 Å².